The number of benzene rings is 2. The zero-order valence-electron chi connectivity index (χ0n) is 12.3. The van der Waals surface area contributed by atoms with Crippen LogP contribution in [-0.2, 0) is 12.8 Å². The van der Waals surface area contributed by atoms with Crippen LogP contribution in [0.25, 0.3) is 0 Å². The van der Waals surface area contributed by atoms with Crippen molar-refractivity contribution in [3.05, 3.63) is 59.7 Å². The molecule has 3 heteroatoms. The van der Waals surface area contributed by atoms with E-state index < -0.39 is 0 Å². The molecule has 1 atom stereocenters. The van der Waals surface area contributed by atoms with Gasteiger partial charge in [0.1, 0.15) is 5.75 Å². The van der Waals surface area contributed by atoms with Gasteiger partial charge in [-0.25, -0.2) is 0 Å². The Morgan fingerprint density at radius 3 is 2.57 bits per heavy atom. The first kappa shape index (κ1) is 14.0. The Labute approximate surface area is 125 Å². The summed E-state index contributed by atoms with van der Waals surface area (Å²) in [6.45, 7) is 0.110. The number of aliphatic hydroxyl groups excluding tert-OH is 1. The van der Waals surface area contributed by atoms with Crippen molar-refractivity contribution in [2.75, 3.05) is 19.0 Å². The Kier molecular flexibility index (Phi) is 3.84. The Morgan fingerprint density at radius 1 is 1.10 bits per heavy atom. The minimum atomic E-state index is -0.316. The van der Waals surface area contributed by atoms with Crippen molar-refractivity contribution in [3.63, 3.8) is 0 Å². The van der Waals surface area contributed by atoms with E-state index in [-0.39, 0.29) is 12.1 Å². The van der Waals surface area contributed by atoms with Crippen LogP contribution in [0.2, 0.25) is 0 Å². The van der Waals surface area contributed by atoms with Crippen LogP contribution in [0.1, 0.15) is 17.5 Å². The number of nitrogens with one attached hydrogen (secondary N) is 1. The molecule has 1 unspecified atom stereocenters. The maximum absolute atomic E-state index is 9.99. The van der Waals surface area contributed by atoms with Crippen molar-refractivity contribution in [3.8, 4) is 5.75 Å². The molecule has 2 aromatic rings. The van der Waals surface area contributed by atoms with E-state index in [0.717, 1.165) is 30.7 Å². The van der Waals surface area contributed by atoms with Gasteiger partial charge in [0.05, 0.1) is 24.9 Å². The lowest BCUT2D eigenvalue weighted by Crippen LogP contribution is -2.47. The number of aliphatic hydroxyl groups is 1. The van der Waals surface area contributed by atoms with Crippen molar-refractivity contribution in [2.45, 2.75) is 24.8 Å². The van der Waals surface area contributed by atoms with E-state index in [4.69, 9.17) is 4.74 Å². The Morgan fingerprint density at radius 2 is 1.81 bits per heavy atom. The van der Waals surface area contributed by atoms with E-state index in [9.17, 15) is 5.11 Å². The van der Waals surface area contributed by atoms with Gasteiger partial charge in [0.15, 0.2) is 0 Å². The van der Waals surface area contributed by atoms with Crippen LogP contribution < -0.4 is 10.1 Å². The van der Waals surface area contributed by atoms with Crippen LogP contribution >= 0.6 is 0 Å². The fourth-order valence-corrected chi connectivity index (χ4v) is 3.12. The normalized spacial score (nSPS) is 20.7. The average Bonchev–Trinajstić information content (AvgIpc) is 2.55. The average molecular weight is 283 g/mol. The molecule has 0 bridgehead atoms. The molecule has 110 valence electrons. The fourth-order valence-electron chi connectivity index (χ4n) is 3.12. The lowest BCUT2D eigenvalue weighted by molar-refractivity contribution is 0.196. The molecule has 1 aliphatic carbocycles. The topological polar surface area (TPSA) is 41.5 Å². The predicted molar refractivity (Wildman–Crippen MR) is 84.9 cm³/mol. The highest BCUT2D eigenvalue weighted by molar-refractivity contribution is 5.58. The zero-order chi connectivity index (χ0) is 14.7. The summed E-state index contributed by atoms with van der Waals surface area (Å²) in [4.78, 5) is 0. The highest BCUT2D eigenvalue weighted by Crippen LogP contribution is 2.34. The Balaban J connectivity index is 1.89. The van der Waals surface area contributed by atoms with Gasteiger partial charge in [-0.05, 0) is 42.5 Å². The summed E-state index contributed by atoms with van der Waals surface area (Å²) in [7, 11) is 1.67. The monoisotopic (exact) mass is 283 g/mol. The van der Waals surface area contributed by atoms with Gasteiger partial charge in [-0.3, -0.25) is 0 Å². The van der Waals surface area contributed by atoms with Gasteiger partial charge in [0.25, 0.3) is 0 Å². The van der Waals surface area contributed by atoms with E-state index >= 15 is 0 Å². The number of hydrogen-bond donors (Lipinski definition) is 2. The molecule has 0 radical (unpaired) electrons. The van der Waals surface area contributed by atoms with E-state index in [1.54, 1.807) is 7.11 Å². The molecule has 0 saturated heterocycles. The zero-order valence-corrected chi connectivity index (χ0v) is 12.3. The van der Waals surface area contributed by atoms with Gasteiger partial charge in [-0.1, -0.05) is 36.4 Å². The van der Waals surface area contributed by atoms with Crippen LogP contribution in [0, 0.1) is 0 Å². The third-order valence-corrected chi connectivity index (χ3v) is 4.33. The summed E-state index contributed by atoms with van der Waals surface area (Å²) < 4.78 is 5.40. The third kappa shape index (κ3) is 2.74. The van der Waals surface area contributed by atoms with Gasteiger partial charge >= 0.3 is 0 Å². The maximum Gasteiger partial charge on any atom is 0.141 e. The molecule has 0 aliphatic heterocycles. The van der Waals surface area contributed by atoms with Crippen molar-refractivity contribution in [1.29, 1.82) is 0 Å². The van der Waals surface area contributed by atoms with Crippen molar-refractivity contribution >= 4 is 5.69 Å². The lowest BCUT2D eigenvalue weighted by Gasteiger charge is -2.38. The van der Waals surface area contributed by atoms with Crippen LogP contribution in [-0.4, -0.2) is 24.4 Å². The molecule has 3 rings (SSSR count). The van der Waals surface area contributed by atoms with Crippen molar-refractivity contribution in [1.82, 2.24) is 0 Å². The lowest BCUT2D eigenvalue weighted by atomic mass is 9.78. The molecule has 2 N–H and O–H groups in total. The Bertz CT molecular complexity index is 626. The summed E-state index contributed by atoms with van der Waals surface area (Å²) in [6, 6.07) is 16.3. The standard InChI is InChI=1S/C18H21NO2/c1-21-17-9-5-4-8-16(17)19-18(13-20)11-10-14-6-2-3-7-15(14)12-18/h2-9,19-20H,10-13H2,1H3. The number of hydrogen-bond acceptors (Lipinski definition) is 3. The second-order valence-electron chi connectivity index (χ2n) is 5.71. The van der Waals surface area contributed by atoms with E-state index in [1.807, 2.05) is 24.3 Å². The molecule has 0 spiro atoms. The fraction of sp³-hybridized carbons (Fsp3) is 0.333. The van der Waals surface area contributed by atoms with Gasteiger partial charge < -0.3 is 15.2 Å². The number of aryl methyl sites for hydroxylation is 1. The molecule has 0 heterocycles. The number of fused-ring (bicyclic) bond motifs is 1. The van der Waals surface area contributed by atoms with Crippen LogP contribution in [0.15, 0.2) is 48.5 Å². The summed E-state index contributed by atoms with van der Waals surface area (Å²) in [6.07, 6.45) is 2.73. The van der Waals surface area contributed by atoms with E-state index in [2.05, 4.69) is 29.6 Å². The van der Waals surface area contributed by atoms with Gasteiger partial charge in [0.2, 0.25) is 0 Å². The largest absolute Gasteiger partial charge is 0.495 e. The molecule has 3 nitrogen and oxygen atoms in total. The summed E-state index contributed by atoms with van der Waals surface area (Å²) in [5, 5.41) is 13.5. The highest BCUT2D eigenvalue weighted by Gasteiger charge is 2.34. The minimum Gasteiger partial charge on any atom is -0.495 e. The quantitative estimate of drug-likeness (QED) is 0.906. The molecule has 1 aliphatic rings. The van der Waals surface area contributed by atoms with Gasteiger partial charge in [-0.15, -0.1) is 0 Å². The molecule has 0 fully saturated rings. The maximum atomic E-state index is 9.99. The molecule has 0 amide bonds. The second kappa shape index (κ2) is 5.78. The Hall–Kier alpha value is -2.00. The third-order valence-electron chi connectivity index (χ3n) is 4.33. The first-order valence-corrected chi connectivity index (χ1v) is 7.35. The molecular formula is C18H21NO2. The highest BCUT2D eigenvalue weighted by atomic mass is 16.5. The second-order valence-corrected chi connectivity index (χ2v) is 5.71. The predicted octanol–water partition coefficient (Wildman–Crippen LogP) is 3.03. The number of para-hydroxylation sites is 2. The SMILES string of the molecule is COc1ccccc1NC1(CO)CCc2ccccc2C1. The molecule has 2 aromatic carbocycles. The van der Waals surface area contributed by atoms with Crippen molar-refractivity contribution in [2.24, 2.45) is 0 Å². The summed E-state index contributed by atoms with van der Waals surface area (Å²) in [5.74, 6) is 0.809. The van der Waals surface area contributed by atoms with Gasteiger partial charge in [0, 0.05) is 0 Å². The van der Waals surface area contributed by atoms with Crippen LogP contribution in [0.5, 0.6) is 5.75 Å². The number of methoxy groups -OCH3 is 1. The molecule has 21 heavy (non-hydrogen) atoms. The van der Waals surface area contributed by atoms with E-state index in [1.165, 1.54) is 11.1 Å². The molecule has 0 saturated carbocycles. The van der Waals surface area contributed by atoms with Crippen molar-refractivity contribution < 1.29 is 9.84 Å². The number of ether oxygens (including phenoxy) is 1. The van der Waals surface area contributed by atoms with Crippen LogP contribution in [0.3, 0.4) is 0 Å². The first-order valence-electron chi connectivity index (χ1n) is 7.35. The summed E-state index contributed by atoms with van der Waals surface area (Å²) >= 11 is 0. The molecule has 0 aromatic heterocycles. The first-order chi connectivity index (χ1) is 10.3. The van der Waals surface area contributed by atoms with Gasteiger partial charge in [-0.2, -0.15) is 0 Å². The minimum absolute atomic E-state index is 0.110. The molecular weight excluding hydrogens is 262 g/mol. The number of rotatable bonds is 4. The summed E-state index contributed by atoms with van der Waals surface area (Å²) in [5.41, 5.74) is 3.33. The smallest absolute Gasteiger partial charge is 0.141 e. The van der Waals surface area contributed by atoms with E-state index in [0.29, 0.717) is 0 Å². The van der Waals surface area contributed by atoms with Crippen LogP contribution in [0.4, 0.5) is 5.69 Å². The number of anilines is 1.